The summed E-state index contributed by atoms with van der Waals surface area (Å²) in [4.78, 5) is 7.30. The van der Waals surface area contributed by atoms with Crippen molar-refractivity contribution in [3.8, 4) is 22.8 Å². The third-order valence-electron chi connectivity index (χ3n) is 2.74. The Morgan fingerprint density at radius 2 is 1.94 bits per heavy atom. The lowest BCUT2D eigenvalue weighted by atomic mass is 10.1. The Morgan fingerprint density at radius 3 is 2.59 bits per heavy atom. The third-order valence-corrected chi connectivity index (χ3v) is 3.34. The van der Waals surface area contributed by atoms with Crippen LogP contribution in [0.25, 0.3) is 11.3 Å². The van der Waals surface area contributed by atoms with Gasteiger partial charge in [-0.1, -0.05) is 0 Å². The van der Waals surface area contributed by atoms with Gasteiger partial charge in [-0.3, -0.25) is 0 Å². The van der Waals surface area contributed by atoms with Crippen molar-refractivity contribution in [3.63, 3.8) is 0 Å². The van der Waals surface area contributed by atoms with Gasteiger partial charge in [-0.05, 0) is 40.5 Å². The number of aromatic nitrogens is 2. The molecule has 0 radical (unpaired) electrons. The first-order chi connectivity index (χ1) is 8.25. The summed E-state index contributed by atoms with van der Waals surface area (Å²) < 4.78 is 12.0. The average molecular weight is 295 g/mol. The Balaban J connectivity index is 2.15. The summed E-state index contributed by atoms with van der Waals surface area (Å²) in [6.07, 6.45) is 1.66. The van der Waals surface area contributed by atoms with Crippen LogP contribution in [-0.2, 0) is 0 Å². The van der Waals surface area contributed by atoms with Gasteiger partial charge in [-0.15, -0.1) is 0 Å². The number of fused-ring (bicyclic) bond motifs is 1. The average Bonchev–Trinajstić information content (AvgIpc) is 2.74. The first-order valence-electron chi connectivity index (χ1n) is 5.35. The normalized spacial score (nSPS) is 13.8. The number of benzene rings is 1. The highest BCUT2D eigenvalue weighted by Gasteiger charge is 2.17. The molecule has 3 rings (SSSR count). The molecule has 88 valence electrons. The molecular formula is C12H11BrN2O2. The van der Waals surface area contributed by atoms with Gasteiger partial charge in [-0.25, -0.2) is 4.98 Å². The number of nitrogens with one attached hydrogen (secondary N) is 1. The van der Waals surface area contributed by atoms with Crippen molar-refractivity contribution in [3.05, 3.63) is 28.6 Å². The van der Waals surface area contributed by atoms with E-state index < -0.39 is 0 Å². The number of aromatic amines is 1. The Hall–Kier alpha value is -1.49. The Labute approximate surface area is 107 Å². The molecule has 0 fully saturated rings. The zero-order valence-corrected chi connectivity index (χ0v) is 10.9. The fourth-order valence-electron chi connectivity index (χ4n) is 1.91. The summed E-state index contributed by atoms with van der Waals surface area (Å²) in [5, 5.41) is 0. The Kier molecular flexibility index (Phi) is 2.55. The molecule has 0 amide bonds. The summed E-state index contributed by atoms with van der Waals surface area (Å²) in [6.45, 7) is 3.24. The maximum Gasteiger partial charge on any atom is 0.162 e. The van der Waals surface area contributed by atoms with E-state index in [4.69, 9.17) is 9.47 Å². The molecule has 1 aliphatic heterocycles. The van der Waals surface area contributed by atoms with Crippen molar-refractivity contribution in [1.29, 1.82) is 0 Å². The molecule has 1 N–H and O–H groups in total. The summed E-state index contributed by atoms with van der Waals surface area (Å²) in [5.74, 6) is 1.59. The largest absolute Gasteiger partial charge is 0.486 e. The van der Waals surface area contributed by atoms with Gasteiger partial charge >= 0.3 is 0 Å². The number of H-pyrrole nitrogens is 1. The van der Waals surface area contributed by atoms with Crippen LogP contribution in [0.1, 0.15) is 5.56 Å². The number of hydrogen-bond acceptors (Lipinski definition) is 3. The number of imidazole rings is 1. The van der Waals surface area contributed by atoms with Crippen LogP contribution in [-0.4, -0.2) is 23.2 Å². The van der Waals surface area contributed by atoms with Gasteiger partial charge < -0.3 is 14.5 Å². The quantitative estimate of drug-likeness (QED) is 0.880. The molecule has 2 aromatic rings. The molecule has 0 saturated carbocycles. The number of halogens is 1. The van der Waals surface area contributed by atoms with Crippen molar-refractivity contribution < 1.29 is 9.47 Å². The molecule has 0 atom stereocenters. The zero-order valence-electron chi connectivity index (χ0n) is 9.29. The standard InChI is InChI=1S/C12H11BrN2O2/c1-7-4-9-10(17-3-2-16-9)5-8(7)11-12(13)15-6-14-11/h4-6H,2-3H2,1H3,(H,14,15). The number of nitrogens with zero attached hydrogens (tertiary/aromatic N) is 1. The van der Waals surface area contributed by atoms with E-state index in [1.54, 1.807) is 6.33 Å². The van der Waals surface area contributed by atoms with E-state index in [1.165, 1.54) is 0 Å². The Bertz CT molecular complexity index is 566. The van der Waals surface area contributed by atoms with Gasteiger partial charge in [0.1, 0.15) is 23.5 Å². The van der Waals surface area contributed by atoms with Crippen molar-refractivity contribution in [2.24, 2.45) is 0 Å². The minimum Gasteiger partial charge on any atom is -0.486 e. The van der Waals surface area contributed by atoms with Crippen molar-refractivity contribution in [2.45, 2.75) is 6.92 Å². The summed E-state index contributed by atoms with van der Waals surface area (Å²) in [5.41, 5.74) is 3.05. The van der Waals surface area contributed by atoms with Crippen LogP contribution in [0, 0.1) is 6.92 Å². The monoisotopic (exact) mass is 294 g/mol. The van der Waals surface area contributed by atoms with Crippen LogP contribution in [0.2, 0.25) is 0 Å². The lowest BCUT2D eigenvalue weighted by molar-refractivity contribution is 0.171. The topological polar surface area (TPSA) is 47.1 Å². The van der Waals surface area contributed by atoms with Crippen LogP contribution in [0.5, 0.6) is 11.5 Å². The maximum atomic E-state index is 5.58. The molecule has 0 bridgehead atoms. The van der Waals surface area contributed by atoms with E-state index in [-0.39, 0.29) is 0 Å². The van der Waals surface area contributed by atoms with Gasteiger partial charge in [0.05, 0.1) is 6.33 Å². The van der Waals surface area contributed by atoms with Crippen LogP contribution in [0.3, 0.4) is 0 Å². The molecule has 4 nitrogen and oxygen atoms in total. The second-order valence-electron chi connectivity index (χ2n) is 3.88. The SMILES string of the molecule is Cc1cc2c(cc1-c1nc[nH]c1Br)OCCO2. The summed E-state index contributed by atoms with van der Waals surface area (Å²) in [6, 6.07) is 3.97. The molecule has 0 aliphatic carbocycles. The van der Waals surface area contributed by atoms with E-state index in [2.05, 4.69) is 25.9 Å². The summed E-state index contributed by atoms with van der Waals surface area (Å²) in [7, 11) is 0. The van der Waals surface area contributed by atoms with E-state index in [1.807, 2.05) is 19.1 Å². The predicted molar refractivity (Wildman–Crippen MR) is 67.5 cm³/mol. The number of ether oxygens (including phenoxy) is 2. The smallest absolute Gasteiger partial charge is 0.162 e. The molecule has 1 aromatic carbocycles. The molecule has 0 saturated heterocycles. The number of hydrogen-bond donors (Lipinski definition) is 1. The first-order valence-corrected chi connectivity index (χ1v) is 6.14. The Morgan fingerprint density at radius 1 is 1.24 bits per heavy atom. The van der Waals surface area contributed by atoms with Crippen LogP contribution in [0.4, 0.5) is 0 Å². The van der Waals surface area contributed by atoms with E-state index in [9.17, 15) is 0 Å². The first kappa shape index (κ1) is 10.7. The number of rotatable bonds is 1. The predicted octanol–water partition coefficient (Wildman–Crippen LogP) is 2.92. The van der Waals surface area contributed by atoms with Gasteiger partial charge in [0.25, 0.3) is 0 Å². The molecule has 1 aliphatic rings. The van der Waals surface area contributed by atoms with Crippen LogP contribution < -0.4 is 9.47 Å². The highest BCUT2D eigenvalue weighted by molar-refractivity contribution is 9.10. The molecule has 2 heterocycles. The zero-order chi connectivity index (χ0) is 11.8. The van der Waals surface area contributed by atoms with Crippen molar-refractivity contribution >= 4 is 15.9 Å². The molecule has 1 aromatic heterocycles. The van der Waals surface area contributed by atoms with Gasteiger partial charge in [0.2, 0.25) is 0 Å². The highest BCUT2D eigenvalue weighted by atomic mass is 79.9. The lowest BCUT2D eigenvalue weighted by Gasteiger charge is -2.20. The fourth-order valence-corrected chi connectivity index (χ4v) is 2.33. The van der Waals surface area contributed by atoms with E-state index >= 15 is 0 Å². The molecular weight excluding hydrogens is 284 g/mol. The fraction of sp³-hybridized carbons (Fsp3) is 0.250. The second-order valence-corrected chi connectivity index (χ2v) is 4.67. The molecule has 5 heteroatoms. The van der Waals surface area contributed by atoms with Crippen molar-refractivity contribution in [1.82, 2.24) is 9.97 Å². The van der Waals surface area contributed by atoms with Gasteiger partial charge in [0, 0.05) is 5.56 Å². The minimum atomic E-state index is 0.594. The van der Waals surface area contributed by atoms with Crippen LogP contribution in [0.15, 0.2) is 23.1 Å². The minimum absolute atomic E-state index is 0.594. The van der Waals surface area contributed by atoms with Crippen molar-refractivity contribution in [2.75, 3.05) is 13.2 Å². The highest BCUT2D eigenvalue weighted by Crippen LogP contribution is 2.38. The van der Waals surface area contributed by atoms with E-state index in [0.29, 0.717) is 13.2 Å². The second kappa shape index (κ2) is 4.07. The van der Waals surface area contributed by atoms with E-state index in [0.717, 1.165) is 32.9 Å². The van der Waals surface area contributed by atoms with Gasteiger partial charge in [0.15, 0.2) is 11.5 Å². The lowest BCUT2D eigenvalue weighted by Crippen LogP contribution is -2.15. The summed E-state index contributed by atoms with van der Waals surface area (Å²) >= 11 is 3.44. The maximum absolute atomic E-state index is 5.58. The van der Waals surface area contributed by atoms with Gasteiger partial charge in [-0.2, -0.15) is 0 Å². The number of aryl methyl sites for hydroxylation is 1. The molecule has 0 unspecified atom stereocenters. The third kappa shape index (κ3) is 1.80. The van der Waals surface area contributed by atoms with Crippen LogP contribution >= 0.6 is 15.9 Å². The molecule has 17 heavy (non-hydrogen) atoms. The molecule has 0 spiro atoms.